The fraction of sp³-hybridized carbons (Fsp3) is 0.826. The maximum absolute atomic E-state index is 13.0. The summed E-state index contributed by atoms with van der Waals surface area (Å²) in [6, 6.07) is 0. The SMILES string of the molecule is C[C@]12CCC(=O)C=C1CC[C@@H]1[C@H]3CC[C@](O)(C(=O)CSCCO)[C@@]3(C)CC[C@@H]12. The molecule has 0 unspecified atom stereocenters. The first-order chi connectivity index (χ1) is 13.3. The molecule has 0 radical (unpaired) electrons. The van der Waals surface area contributed by atoms with E-state index in [0.29, 0.717) is 42.1 Å². The number of ketones is 2. The molecule has 4 aliphatic carbocycles. The third kappa shape index (κ3) is 2.87. The Labute approximate surface area is 172 Å². The summed E-state index contributed by atoms with van der Waals surface area (Å²) in [5.74, 6) is 2.58. The Morgan fingerprint density at radius 2 is 1.89 bits per heavy atom. The molecule has 4 rings (SSSR count). The molecule has 0 heterocycles. The summed E-state index contributed by atoms with van der Waals surface area (Å²) < 4.78 is 0. The van der Waals surface area contributed by atoms with Crippen molar-refractivity contribution in [3.63, 3.8) is 0 Å². The van der Waals surface area contributed by atoms with Crippen LogP contribution in [0.25, 0.3) is 0 Å². The molecule has 0 aliphatic heterocycles. The van der Waals surface area contributed by atoms with Gasteiger partial charge in [-0.15, -0.1) is 0 Å². The van der Waals surface area contributed by atoms with Crippen molar-refractivity contribution in [2.75, 3.05) is 18.1 Å². The van der Waals surface area contributed by atoms with Crippen LogP contribution < -0.4 is 0 Å². The summed E-state index contributed by atoms with van der Waals surface area (Å²) >= 11 is 1.42. The minimum absolute atomic E-state index is 0.0414. The van der Waals surface area contributed by atoms with Gasteiger partial charge in [0.25, 0.3) is 0 Å². The molecule has 4 nitrogen and oxygen atoms in total. The molecule has 0 aromatic carbocycles. The molecule has 0 aromatic rings. The number of hydrogen-bond acceptors (Lipinski definition) is 5. The summed E-state index contributed by atoms with van der Waals surface area (Å²) in [4.78, 5) is 24.9. The van der Waals surface area contributed by atoms with Gasteiger partial charge < -0.3 is 10.2 Å². The van der Waals surface area contributed by atoms with E-state index in [-0.39, 0.29) is 29.0 Å². The van der Waals surface area contributed by atoms with Crippen molar-refractivity contribution in [2.45, 2.75) is 70.8 Å². The van der Waals surface area contributed by atoms with Gasteiger partial charge in [-0.25, -0.2) is 0 Å². The summed E-state index contributed by atoms with van der Waals surface area (Å²) in [7, 11) is 0. The largest absolute Gasteiger partial charge is 0.396 e. The van der Waals surface area contributed by atoms with E-state index in [1.807, 2.05) is 6.08 Å². The quantitative estimate of drug-likeness (QED) is 0.683. The lowest BCUT2D eigenvalue weighted by atomic mass is 9.46. The van der Waals surface area contributed by atoms with Gasteiger partial charge in [0.15, 0.2) is 11.6 Å². The molecule has 2 N–H and O–H groups in total. The van der Waals surface area contributed by atoms with Gasteiger partial charge in [0.05, 0.1) is 12.4 Å². The van der Waals surface area contributed by atoms with Crippen LogP contribution in [0.2, 0.25) is 0 Å². The lowest BCUT2D eigenvalue weighted by Gasteiger charge is -2.58. The number of thioether (sulfide) groups is 1. The summed E-state index contributed by atoms with van der Waals surface area (Å²) in [5, 5.41) is 20.5. The molecule has 0 bridgehead atoms. The van der Waals surface area contributed by atoms with Crippen LogP contribution in [-0.2, 0) is 9.59 Å². The van der Waals surface area contributed by atoms with Gasteiger partial charge in [0.2, 0.25) is 0 Å². The molecule has 5 heteroatoms. The molecule has 3 saturated carbocycles. The standard InChI is InChI=1S/C23H34O4S/c1-21-8-5-16(25)13-15(21)3-4-17-18(21)6-9-22(2)19(17)7-10-23(22,27)20(26)14-28-12-11-24/h13,17-19,24,27H,3-12,14H2,1-2H3/t17-,18-,19+,21-,22-,23-/m0/s1. The Kier molecular flexibility index (Phi) is 5.33. The maximum Gasteiger partial charge on any atom is 0.174 e. The van der Waals surface area contributed by atoms with Crippen molar-refractivity contribution in [3.8, 4) is 0 Å². The Morgan fingerprint density at radius 3 is 2.64 bits per heavy atom. The summed E-state index contributed by atoms with van der Waals surface area (Å²) in [5.41, 5.74) is -0.0734. The molecule has 156 valence electrons. The van der Waals surface area contributed by atoms with Crippen LogP contribution in [0, 0.1) is 28.6 Å². The average molecular weight is 407 g/mol. The van der Waals surface area contributed by atoms with Gasteiger partial charge in [0, 0.05) is 17.6 Å². The zero-order chi connectivity index (χ0) is 20.2. The van der Waals surface area contributed by atoms with Crippen LogP contribution in [0.15, 0.2) is 11.6 Å². The molecule has 0 aromatic heterocycles. The molecule has 0 amide bonds. The number of Topliss-reactive ketones (excluding diaryl/α,β-unsaturated/α-hetero) is 1. The number of carbonyl (C=O) groups is 2. The predicted octanol–water partition coefficient (Wildman–Crippen LogP) is 3.54. The number of fused-ring (bicyclic) bond motifs is 5. The lowest BCUT2D eigenvalue weighted by molar-refractivity contribution is -0.159. The van der Waals surface area contributed by atoms with E-state index in [4.69, 9.17) is 5.11 Å². The Morgan fingerprint density at radius 1 is 1.14 bits per heavy atom. The average Bonchev–Trinajstić information content (AvgIpc) is 2.95. The van der Waals surface area contributed by atoms with Crippen molar-refractivity contribution >= 4 is 23.3 Å². The first-order valence-electron chi connectivity index (χ1n) is 10.9. The normalized spacial score (nSPS) is 45.1. The van der Waals surface area contributed by atoms with E-state index >= 15 is 0 Å². The van der Waals surface area contributed by atoms with Crippen LogP contribution in [0.3, 0.4) is 0 Å². The zero-order valence-corrected chi connectivity index (χ0v) is 18.0. The van der Waals surface area contributed by atoms with Crippen molar-refractivity contribution in [1.82, 2.24) is 0 Å². The molecule has 0 saturated heterocycles. The molecule has 28 heavy (non-hydrogen) atoms. The number of carbonyl (C=O) groups excluding carboxylic acids is 2. The second-order valence-electron chi connectivity index (χ2n) is 10.0. The summed E-state index contributed by atoms with van der Waals surface area (Å²) in [6.45, 7) is 4.59. The van der Waals surface area contributed by atoms with Gasteiger partial charge in [-0.3, -0.25) is 9.59 Å². The predicted molar refractivity (Wildman–Crippen MR) is 111 cm³/mol. The third-order valence-electron chi connectivity index (χ3n) is 9.04. The van der Waals surface area contributed by atoms with Crippen LogP contribution >= 0.6 is 11.8 Å². The topological polar surface area (TPSA) is 74.6 Å². The van der Waals surface area contributed by atoms with E-state index in [9.17, 15) is 14.7 Å². The highest BCUT2D eigenvalue weighted by atomic mass is 32.2. The monoisotopic (exact) mass is 406 g/mol. The molecule has 6 atom stereocenters. The fourth-order valence-corrected chi connectivity index (χ4v) is 8.08. The minimum atomic E-state index is -1.22. The molecular formula is C23H34O4S. The Balaban J connectivity index is 1.58. The van der Waals surface area contributed by atoms with E-state index < -0.39 is 5.60 Å². The van der Waals surface area contributed by atoms with Gasteiger partial charge in [-0.2, -0.15) is 11.8 Å². The van der Waals surface area contributed by atoms with Crippen LogP contribution in [-0.4, -0.2) is 45.5 Å². The van der Waals surface area contributed by atoms with Crippen LogP contribution in [0.1, 0.15) is 65.2 Å². The number of aliphatic hydroxyl groups is 2. The van der Waals surface area contributed by atoms with Gasteiger partial charge in [-0.1, -0.05) is 19.4 Å². The second-order valence-corrected chi connectivity index (χ2v) is 11.1. The Hall–Kier alpha value is -0.650. The number of allylic oxidation sites excluding steroid dienone is 1. The van der Waals surface area contributed by atoms with E-state index in [1.54, 1.807) is 0 Å². The van der Waals surface area contributed by atoms with Gasteiger partial charge >= 0.3 is 0 Å². The first-order valence-corrected chi connectivity index (χ1v) is 12.1. The number of hydrogen-bond donors (Lipinski definition) is 2. The highest BCUT2D eigenvalue weighted by molar-refractivity contribution is 7.99. The van der Waals surface area contributed by atoms with E-state index in [2.05, 4.69) is 13.8 Å². The van der Waals surface area contributed by atoms with Gasteiger partial charge in [0.1, 0.15) is 5.60 Å². The molecular weight excluding hydrogens is 372 g/mol. The minimum Gasteiger partial charge on any atom is -0.396 e. The van der Waals surface area contributed by atoms with Crippen molar-refractivity contribution in [2.24, 2.45) is 28.6 Å². The van der Waals surface area contributed by atoms with Crippen molar-refractivity contribution in [3.05, 3.63) is 11.6 Å². The molecule has 4 aliphatic rings. The van der Waals surface area contributed by atoms with Crippen molar-refractivity contribution < 1.29 is 19.8 Å². The van der Waals surface area contributed by atoms with E-state index in [0.717, 1.165) is 38.5 Å². The summed E-state index contributed by atoms with van der Waals surface area (Å²) in [6.07, 6.45) is 9.07. The Bertz CT molecular complexity index is 703. The van der Waals surface area contributed by atoms with Crippen LogP contribution in [0.4, 0.5) is 0 Å². The number of rotatable bonds is 5. The highest BCUT2D eigenvalue weighted by Crippen LogP contribution is 2.67. The fourth-order valence-electron chi connectivity index (χ4n) is 7.38. The van der Waals surface area contributed by atoms with Gasteiger partial charge in [-0.05, 0) is 74.2 Å². The number of aliphatic hydroxyl groups excluding tert-OH is 1. The maximum atomic E-state index is 13.0. The third-order valence-corrected chi connectivity index (χ3v) is 9.98. The second kappa shape index (κ2) is 7.24. The highest BCUT2D eigenvalue weighted by Gasteiger charge is 2.65. The lowest BCUT2D eigenvalue weighted by Crippen LogP contribution is -2.58. The first kappa shape index (κ1) is 20.6. The molecule has 3 fully saturated rings. The molecule has 0 spiro atoms. The van der Waals surface area contributed by atoms with E-state index in [1.165, 1.54) is 17.3 Å². The van der Waals surface area contributed by atoms with Crippen LogP contribution in [0.5, 0.6) is 0 Å². The zero-order valence-electron chi connectivity index (χ0n) is 17.2. The van der Waals surface area contributed by atoms with Crippen molar-refractivity contribution in [1.29, 1.82) is 0 Å². The smallest absolute Gasteiger partial charge is 0.174 e.